The Labute approximate surface area is 167 Å². The van der Waals surface area contributed by atoms with Gasteiger partial charge in [0.15, 0.2) is 0 Å². The fourth-order valence-corrected chi connectivity index (χ4v) is 3.34. The van der Waals surface area contributed by atoms with Crippen molar-refractivity contribution < 1.29 is 4.79 Å². The van der Waals surface area contributed by atoms with Crippen molar-refractivity contribution in [3.63, 3.8) is 0 Å². The predicted octanol–water partition coefficient (Wildman–Crippen LogP) is 4.50. The monoisotopic (exact) mass is 372 g/mol. The maximum atomic E-state index is 12.5. The number of hydrogen-bond acceptors (Lipinski definition) is 2. The normalized spacial score (nSPS) is 11.9. The minimum absolute atomic E-state index is 0.00669. The van der Waals surface area contributed by atoms with Crippen molar-refractivity contribution in [2.24, 2.45) is 0 Å². The standard InChI is InChI=1S/C25H28N2O/c1-20(17-18-21-11-5-2-6-12-21)27-24(28)19-26-25(22-13-7-3-8-14-22)23-15-9-4-10-16-23/h2-16,20,25-26H,17-19H2,1H3,(H,27,28)/t20-/m0/s1. The molecule has 0 aliphatic rings. The number of hydrogen-bond donors (Lipinski definition) is 2. The molecule has 0 aliphatic carbocycles. The van der Waals surface area contributed by atoms with Gasteiger partial charge >= 0.3 is 0 Å². The molecular formula is C25H28N2O. The Morgan fingerprint density at radius 3 is 1.82 bits per heavy atom. The molecule has 0 aromatic heterocycles. The summed E-state index contributed by atoms with van der Waals surface area (Å²) in [5.74, 6) is 0.0254. The lowest BCUT2D eigenvalue weighted by atomic mass is 9.99. The van der Waals surface area contributed by atoms with Crippen LogP contribution in [-0.4, -0.2) is 18.5 Å². The third-order valence-corrected chi connectivity index (χ3v) is 4.85. The summed E-state index contributed by atoms with van der Waals surface area (Å²) in [7, 11) is 0. The van der Waals surface area contributed by atoms with E-state index in [1.165, 1.54) is 5.56 Å². The van der Waals surface area contributed by atoms with Gasteiger partial charge in [0.1, 0.15) is 0 Å². The molecule has 3 rings (SSSR count). The first-order chi connectivity index (χ1) is 13.7. The van der Waals surface area contributed by atoms with Crippen LogP contribution in [0.2, 0.25) is 0 Å². The van der Waals surface area contributed by atoms with Crippen LogP contribution in [0.3, 0.4) is 0 Å². The van der Waals surface area contributed by atoms with Gasteiger partial charge in [-0.2, -0.15) is 0 Å². The quantitative estimate of drug-likeness (QED) is 0.580. The van der Waals surface area contributed by atoms with Gasteiger partial charge in [-0.25, -0.2) is 0 Å². The van der Waals surface area contributed by atoms with Gasteiger partial charge in [-0.3, -0.25) is 10.1 Å². The van der Waals surface area contributed by atoms with Crippen molar-refractivity contribution in [1.82, 2.24) is 10.6 Å². The minimum atomic E-state index is -0.00669. The van der Waals surface area contributed by atoms with Crippen LogP contribution in [0.5, 0.6) is 0 Å². The fraction of sp³-hybridized carbons (Fsp3) is 0.240. The number of benzene rings is 3. The highest BCUT2D eigenvalue weighted by molar-refractivity contribution is 5.78. The first-order valence-corrected chi connectivity index (χ1v) is 9.89. The summed E-state index contributed by atoms with van der Waals surface area (Å²) in [4.78, 5) is 12.5. The maximum absolute atomic E-state index is 12.5. The van der Waals surface area contributed by atoms with Crippen LogP contribution in [0.25, 0.3) is 0 Å². The molecule has 0 saturated carbocycles. The van der Waals surface area contributed by atoms with Gasteiger partial charge in [0.2, 0.25) is 5.91 Å². The molecule has 2 N–H and O–H groups in total. The third kappa shape index (κ3) is 6.07. The molecule has 0 fully saturated rings. The molecule has 3 aromatic carbocycles. The summed E-state index contributed by atoms with van der Waals surface area (Å²) in [6.07, 6.45) is 1.89. The second kappa shape index (κ2) is 10.4. The number of carbonyl (C=O) groups is 1. The molecule has 0 radical (unpaired) electrons. The van der Waals surface area contributed by atoms with E-state index >= 15 is 0 Å². The molecule has 0 unspecified atom stereocenters. The average molecular weight is 373 g/mol. The number of amides is 1. The van der Waals surface area contributed by atoms with Gasteiger partial charge in [-0.1, -0.05) is 91.0 Å². The van der Waals surface area contributed by atoms with Crippen LogP contribution in [0, 0.1) is 0 Å². The van der Waals surface area contributed by atoms with E-state index in [-0.39, 0.29) is 24.5 Å². The van der Waals surface area contributed by atoms with Crippen molar-refractivity contribution in [2.45, 2.75) is 31.8 Å². The van der Waals surface area contributed by atoms with Crippen molar-refractivity contribution in [3.8, 4) is 0 Å². The molecule has 3 heteroatoms. The summed E-state index contributed by atoms with van der Waals surface area (Å²) in [6, 6.07) is 31.0. The van der Waals surface area contributed by atoms with Gasteiger partial charge in [-0.15, -0.1) is 0 Å². The molecule has 0 heterocycles. The first kappa shape index (κ1) is 19.8. The maximum Gasteiger partial charge on any atom is 0.234 e. The van der Waals surface area contributed by atoms with Crippen LogP contribution in [-0.2, 0) is 11.2 Å². The number of nitrogens with one attached hydrogen (secondary N) is 2. The van der Waals surface area contributed by atoms with E-state index < -0.39 is 0 Å². The number of aryl methyl sites for hydroxylation is 1. The molecule has 0 bridgehead atoms. The largest absolute Gasteiger partial charge is 0.353 e. The predicted molar refractivity (Wildman–Crippen MR) is 115 cm³/mol. The summed E-state index contributed by atoms with van der Waals surface area (Å²) in [5.41, 5.74) is 3.60. The van der Waals surface area contributed by atoms with Gasteiger partial charge in [-0.05, 0) is 36.5 Å². The molecule has 0 saturated heterocycles. The average Bonchev–Trinajstić information content (AvgIpc) is 2.75. The summed E-state index contributed by atoms with van der Waals surface area (Å²) in [6.45, 7) is 2.34. The van der Waals surface area contributed by atoms with Gasteiger partial charge in [0.25, 0.3) is 0 Å². The van der Waals surface area contributed by atoms with Crippen molar-refractivity contribution in [3.05, 3.63) is 108 Å². The molecular weight excluding hydrogens is 344 g/mol. The Morgan fingerprint density at radius 1 is 0.786 bits per heavy atom. The van der Waals surface area contributed by atoms with Crippen LogP contribution in [0.4, 0.5) is 0 Å². The zero-order valence-corrected chi connectivity index (χ0v) is 16.3. The Bertz CT molecular complexity index is 795. The molecule has 0 spiro atoms. The van der Waals surface area contributed by atoms with E-state index in [0.717, 1.165) is 24.0 Å². The van der Waals surface area contributed by atoms with E-state index in [1.807, 2.05) is 42.5 Å². The number of rotatable bonds is 9. The van der Waals surface area contributed by atoms with Crippen molar-refractivity contribution in [1.29, 1.82) is 0 Å². The summed E-state index contributed by atoms with van der Waals surface area (Å²) in [5, 5.41) is 6.53. The second-order valence-electron chi connectivity index (χ2n) is 7.13. The Morgan fingerprint density at radius 2 is 1.29 bits per heavy atom. The van der Waals surface area contributed by atoms with E-state index in [9.17, 15) is 4.79 Å². The highest BCUT2D eigenvalue weighted by atomic mass is 16.1. The molecule has 28 heavy (non-hydrogen) atoms. The minimum Gasteiger partial charge on any atom is -0.353 e. The molecule has 3 nitrogen and oxygen atoms in total. The Balaban J connectivity index is 1.53. The highest BCUT2D eigenvalue weighted by Crippen LogP contribution is 2.21. The lowest BCUT2D eigenvalue weighted by Gasteiger charge is -2.21. The highest BCUT2D eigenvalue weighted by Gasteiger charge is 2.15. The van der Waals surface area contributed by atoms with Crippen LogP contribution in [0.1, 0.15) is 36.1 Å². The lowest BCUT2D eigenvalue weighted by Crippen LogP contribution is -2.40. The third-order valence-electron chi connectivity index (χ3n) is 4.85. The first-order valence-electron chi connectivity index (χ1n) is 9.89. The Hall–Kier alpha value is -2.91. The van der Waals surface area contributed by atoms with Gasteiger partial charge in [0, 0.05) is 6.04 Å². The van der Waals surface area contributed by atoms with Gasteiger partial charge in [0.05, 0.1) is 12.6 Å². The molecule has 0 aliphatic heterocycles. The van der Waals surface area contributed by atoms with E-state index in [0.29, 0.717) is 0 Å². The summed E-state index contributed by atoms with van der Waals surface area (Å²) >= 11 is 0. The summed E-state index contributed by atoms with van der Waals surface area (Å²) < 4.78 is 0. The molecule has 1 amide bonds. The zero-order valence-electron chi connectivity index (χ0n) is 16.3. The van der Waals surface area contributed by atoms with E-state index in [1.54, 1.807) is 0 Å². The van der Waals surface area contributed by atoms with Crippen LogP contribution >= 0.6 is 0 Å². The fourth-order valence-electron chi connectivity index (χ4n) is 3.34. The second-order valence-corrected chi connectivity index (χ2v) is 7.13. The zero-order chi connectivity index (χ0) is 19.6. The van der Waals surface area contributed by atoms with Crippen molar-refractivity contribution >= 4 is 5.91 Å². The topological polar surface area (TPSA) is 41.1 Å². The smallest absolute Gasteiger partial charge is 0.234 e. The SMILES string of the molecule is C[C@@H](CCc1ccccc1)NC(=O)CNC(c1ccccc1)c1ccccc1. The molecule has 144 valence electrons. The Kier molecular flexibility index (Phi) is 7.39. The molecule has 1 atom stereocenters. The van der Waals surface area contributed by atoms with E-state index in [4.69, 9.17) is 0 Å². The molecule has 3 aromatic rings. The van der Waals surface area contributed by atoms with E-state index in [2.05, 4.69) is 66.1 Å². The van der Waals surface area contributed by atoms with Crippen LogP contribution in [0.15, 0.2) is 91.0 Å². The van der Waals surface area contributed by atoms with Gasteiger partial charge < -0.3 is 5.32 Å². The van der Waals surface area contributed by atoms with Crippen molar-refractivity contribution in [2.75, 3.05) is 6.54 Å². The van der Waals surface area contributed by atoms with Crippen LogP contribution < -0.4 is 10.6 Å². The number of carbonyl (C=O) groups excluding carboxylic acids is 1. The lowest BCUT2D eigenvalue weighted by molar-refractivity contribution is -0.120.